The van der Waals surface area contributed by atoms with E-state index in [1.165, 1.54) is 19.2 Å². The number of carbonyl (C=O) groups excluding carboxylic acids is 1. The summed E-state index contributed by atoms with van der Waals surface area (Å²) in [5.74, 6) is -0.815. The number of sulfonamides is 1. The molecule has 0 saturated carbocycles. The number of rotatable bonds is 5. The summed E-state index contributed by atoms with van der Waals surface area (Å²) >= 11 is 0. The predicted molar refractivity (Wildman–Crippen MR) is 108 cm³/mol. The molecule has 3 heterocycles. The molecule has 2 aromatic heterocycles. The third kappa shape index (κ3) is 3.68. The van der Waals surface area contributed by atoms with Crippen molar-refractivity contribution in [1.29, 1.82) is 0 Å². The second-order valence-corrected chi connectivity index (χ2v) is 9.43. The van der Waals surface area contributed by atoms with E-state index in [0.717, 1.165) is 40.7 Å². The Labute approximate surface area is 174 Å². The number of likely N-dealkylation sites (N-methyl/N-ethyl adjacent to an activating group) is 1. The summed E-state index contributed by atoms with van der Waals surface area (Å²) < 4.78 is 41.3. The number of aromatic nitrogens is 3. The lowest BCUT2D eigenvalue weighted by Gasteiger charge is -2.27. The summed E-state index contributed by atoms with van der Waals surface area (Å²) in [7, 11) is -2.55. The van der Waals surface area contributed by atoms with Crippen molar-refractivity contribution in [3.63, 3.8) is 0 Å². The Morgan fingerprint density at radius 3 is 2.73 bits per heavy atom. The maximum Gasteiger partial charge on any atom is 0.243 e. The Hall–Kier alpha value is -2.85. The van der Waals surface area contributed by atoms with Crippen molar-refractivity contribution in [3.05, 3.63) is 59.8 Å². The first-order valence-electron chi connectivity index (χ1n) is 9.60. The zero-order valence-electron chi connectivity index (χ0n) is 16.7. The molecular weight excluding hydrogens is 409 g/mol. The lowest BCUT2D eigenvalue weighted by Crippen LogP contribution is -2.41. The van der Waals surface area contributed by atoms with Crippen LogP contribution in [0.1, 0.15) is 30.3 Å². The minimum absolute atomic E-state index is 0.0555. The molecular formula is C20H22FN5O3S. The zero-order valence-corrected chi connectivity index (χ0v) is 17.5. The zero-order chi connectivity index (χ0) is 21.5. The van der Waals surface area contributed by atoms with Crippen molar-refractivity contribution in [3.8, 4) is 0 Å². The van der Waals surface area contributed by atoms with E-state index in [1.54, 1.807) is 15.6 Å². The maximum atomic E-state index is 13.1. The normalized spacial score (nSPS) is 17.2. The van der Waals surface area contributed by atoms with Gasteiger partial charge in [-0.25, -0.2) is 22.3 Å². The number of fused-ring (bicyclic) bond motifs is 1. The average molecular weight is 431 g/mol. The van der Waals surface area contributed by atoms with E-state index in [-0.39, 0.29) is 23.4 Å². The van der Waals surface area contributed by atoms with Crippen LogP contribution in [0.15, 0.2) is 47.5 Å². The molecule has 1 aliphatic rings. The largest absolute Gasteiger partial charge is 0.333 e. The standard InChI is InChI=1S/C20H22FN5O3S/c1-14-12-19-22-10-9-18(26(19)23-14)17-4-3-11-25(17)20(27)13-24(2)30(28,29)16-7-5-15(21)6-8-16/h5-10,12,17H,3-4,11,13H2,1-2H3. The Kier molecular flexibility index (Phi) is 5.29. The van der Waals surface area contributed by atoms with Gasteiger partial charge in [0.15, 0.2) is 5.65 Å². The first-order valence-corrected chi connectivity index (χ1v) is 11.0. The van der Waals surface area contributed by atoms with Gasteiger partial charge in [0, 0.05) is 25.9 Å². The molecule has 0 bridgehead atoms. The predicted octanol–water partition coefficient (Wildman–Crippen LogP) is 2.16. The fourth-order valence-electron chi connectivity index (χ4n) is 3.81. The number of carbonyl (C=O) groups is 1. The summed E-state index contributed by atoms with van der Waals surface area (Å²) in [5.41, 5.74) is 2.39. The fourth-order valence-corrected chi connectivity index (χ4v) is 4.93. The van der Waals surface area contributed by atoms with Crippen LogP contribution in [-0.2, 0) is 14.8 Å². The first kappa shape index (κ1) is 20.4. The molecule has 3 aromatic rings. The molecule has 0 radical (unpaired) electrons. The molecule has 0 spiro atoms. The van der Waals surface area contributed by atoms with Gasteiger partial charge in [0.1, 0.15) is 5.82 Å². The average Bonchev–Trinajstić information content (AvgIpc) is 3.33. The van der Waals surface area contributed by atoms with Crippen LogP contribution in [0.5, 0.6) is 0 Å². The second kappa shape index (κ2) is 7.77. The van der Waals surface area contributed by atoms with Gasteiger partial charge in [-0.15, -0.1) is 0 Å². The smallest absolute Gasteiger partial charge is 0.243 e. The van der Waals surface area contributed by atoms with E-state index < -0.39 is 15.8 Å². The van der Waals surface area contributed by atoms with Crippen molar-refractivity contribution in [1.82, 2.24) is 23.8 Å². The lowest BCUT2D eigenvalue weighted by atomic mass is 10.1. The van der Waals surface area contributed by atoms with Crippen LogP contribution in [0.25, 0.3) is 5.65 Å². The minimum atomic E-state index is -3.90. The van der Waals surface area contributed by atoms with Gasteiger partial charge in [-0.1, -0.05) is 0 Å². The first-order chi connectivity index (χ1) is 14.3. The lowest BCUT2D eigenvalue weighted by molar-refractivity contribution is -0.132. The van der Waals surface area contributed by atoms with Gasteiger partial charge in [0.2, 0.25) is 15.9 Å². The van der Waals surface area contributed by atoms with Gasteiger partial charge in [0.05, 0.1) is 28.9 Å². The summed E-state index contributed by atoms with van der Waals surface area (Å²) in [4.78, 5) is 19.0. The van der Waals surface area contributed by atoms with Gasteiger partial charge in [-0.3, -0.25) is 4.79 Å². The molecule has 1 unspecified atom stereocenters. The van der Waals surface area contributed by atoms with Crippen molar-refractivity contribution < 1.29 is 17.6 Å². The fraction of sp³-hybridized carbons (Fsp3) is 0.350. The number of nitrogens with zero attached hydrogens (tertiary/aromatic N) is 5. The van der Waals surface area contributed by atoms with Gasteiger partial charge in [-0.05, 0) is 50.1 Å². The molecule has 1 aromatic carbocycles. The molecule has 1 aliphatic heterocycles. The number of benzene rings is 1. The highest BCUT2D eigenvalue weighted by molar-refractivity contribution is 7.89. The molecule has 158 valence electrons. The Balaban J connectivity index is 1.56. The van der Waals surface area contributed by atoms with Crippen LogP contribution in [0.2, 0.25) is 0 Å². The summed E-state index contributed by atoms with van der Waals surface area (Å²) in [6.07, 6.45) is 3.27. The van der Waals surface area contributed by atoms with Crippen LogP contribution < -0.4 is 0 Å². The molecule has 30 heavy (non-hydrogen) atoms. The number of hydrogen-bond acceptors (Lipinski definition) is 5. The number of halogens is 1. The SMILES string of the molecule is Cc1cc2nccc(C3CCCN3C(=O)CN(C)S(=O)(=O)c3ccc(F)cc3)n2n1. The van der Waals surface area contributed by atoms with Crippen LogP contribution in [0.4, 0.5) is 4.39 Å². The van der Waals surface area contributed by atoms with Crippen LogP contribution in [0.3, 0.4) is 0 Å². The molecule has 4 rings (SSSR count). The van der Waals surface area contributed by atoms with Crippen molar-refractivity contribution in [2.75, 3.05) is 20.1 Å². The highest BCUT2D eigenvalue weighted by atomic mass is 32.2. The molecule has 1 saturated heterocycles. The third-order valence-electron chi connectivity index (χ3n) is 5.30. The van der Waals surface area contributed by atoms with E-state index >= 15 is 0 Å². The van der Waals surface area contributed by atoms with E-state index in [4.69, 9.17) is 0 Å². The van der Waals surface area contributed by atoms with Gasteiger partial charge in [0.25, 0.3) is 0 Å². The van der Waals surface area contributed by atoms with Gasteiger partial charge in [-0.2, -0.15) is 9.40 Å². The van der Waals surface area contributed by atoms with E-state index in [9.17, 15) is 17.6 Å². The summed E-state index contributed by atoms with van der Waals surface area (Å²) in [6.45, 7) is 2.12. The summed E-state index contributed by atoms with van der Waals surface area (Å²) in [6, 6.07) is 8.06. The molecule has 10 heteroatoms. The number of aryl methyl sites for hydroxylation is 1. The van der Waals surface area contributed by atoms with E-state index in [2.05, 4.69) is 10.1 Å². The monoisotopic (exact) mass is 431 g/mol. The van der Waals surface area contributed by atoms with Crippen LogP contribution >= 0.6 is 0 Å². The van der Waals surface area contributed by atoms with E-state index in [1.807, 2.05) is 19.1 Å². The minimum Gasteiger partial charge on any atom is -0.333 e. The molecule has 1 fully saturated rings. The maximum absolute atomic E-state index is 13.1. The van der Waals surface area contributed by atoms with Crippen molar-refractivity contribution >= 4 is 21.6 Å². The molecule has 8 nitrogen and oxygen atoms in total. The van der Waals surface area contributed by atoms with Crippen molar-refractivity contribution in [2.45, 2.75) is 30.7 Å². The molecule has 1 amide bonds. The van der Waals surface area contributed by atoms with Crippen LogP contribution in [0, 0.1) is 12.7 Å². The molecule has 0 N–H and O–H groups in total. The van der Waals surface area contributed by atoms with Crippen LogP contribution in [-0.4, -0.2) is 58.3 Å². The quantitative estimate of drug-likeness (QED) is 0.618. The van der Waals surface area contributed by atoms with Gasteiger partial charge < -0.3 is 4.90 Å². The molecule has 1 atom stereocenters. The number of likely N-dealkylation sites (tertiary alicyclic amines) is 1. The highest BCUT2D eigenvalue weighted by Gasteiger charge is 2.34. The van der Waals surface area contributed by atoms with Gasteiger partial charge >= 0.3 is 0 Å². The van der Waals surface area contributed by atoms with Crippen molar-refractivity contribution in [2.24, 2.45) is 0 Å². The third-order valence-corrected chi connectivity index (χ3v) is 7.12. The second-order valence-electron chi connectivity index (χ2n) is 7.39. The van der Waals surface area contributed by atoms with E-state index in [0.29, 0.717) is 12.2 Å². The Morgan fingerprint density at radius 1 is 1.27 bits per heavy atom. The molecule has 0 aliphatic carbocycles. The highest BCUT2D eigenvalue weighted by Crippen LogP contribution is 2.32. The Bertz CT molecular complexity index is 1190. The Morgan fingerprint density at radius 2 is 2.00 bits per heavy atom. The number of hydrogen-bond donors (Lipinski definition) is 0. The topological polar surface area (TPSA) is 87.9 Å². The number of amides is 1. The summed E-state index contributed by atoms with van der Waals surface area (Å²) in [5, 5.41) is 4.48.